The maximum Gasteiger partial charge on any atom is 0.256 e. The molecule has 94 valence electrons. The van der Waals surface area contributed by atoms with Crippen molar-refractivity contribution in [2.24, 2.45) is 5.11 Å². The molecule has 5 nitrogen and oxygen atoms in total. The molecule has 0 aliphatic carbocycles. The molecule has 0 aromatic heterocycles. The van der Waals surface area contributed by atoms with Crippen LogP contribution in [0.4, 0.5) is 11.4 Å². The summed E-state index contributed by atoms with van der Waals surface area (Å²) in [5, 5.41) is 6.27. The summed E-state index contributed by atoms with van der Waals surface area (Å²) in [5.41, 5.74) is 11.0. The number of hydrogen-bond acceptors (Lipinski definition) is 2. The first kappa shape index (κ1) is 12.7. The predicted molar refractivity (Wildman–Crippen MR) is 74.4 cm³/mol. The first-order valence-electron chi connectivity index (χ1n) is 5.73. The van der Waals surface area contributed by atoms with Crippen molar-refractivity contribution in [3.63, 3.8) is 0 Å². The minimum Gasteiger partial charge on any atom is -0.322 e. The van der Waals surface area contributed by atoms with Crippen molar-refractivity contribution in [2.45, 2.75) is 6.92 Å². The summed E-state index contributed by atoms with van der Waals surface area (Å²) in [6, 6.07) is 14.1. The molecule has 1 amide bonds. The maximum atomic E-state index is 12.1. The summed E-state index contributed by atoms with van der Waals surface area (Å²) in [4.78, 5) is 14.8. The fourth-order valence-corrected chi connectivity index (χ4v) is 1.64. The van der Waals surface area contributed by atoms with Crippen LogP contribution in [0.25, 0.3) is 10.4 Å². The zero-order valence-electron chi connectivity index (χ0n) is 10.4. The molecule has 0 saturated carbocycles. The van der Waals surface area contributed by atoms with Gasteiger partial charge in [0, 0.05) is 16.2 Å². The molecule has 5 heteroatoms. The van der Waals surface area contributed by atoms with Crippen LogP contribution in [0.2, 0.25) is 0 Å². The van der Waals surface area contributed by atoms with Crippen LogP contribution < -0.4 is 5.32 Å². The highest BCUT2D eigenvalue weighted by atomic mass is 16.1. The quantitative estimate of drug-likeness (QED) is 0.496. The van der Waals surface area contributed by atoms with Gasteiger partial charge in [-0.15, -0.1) is 0 Å². The number of azide groups is 1. The minimum atomic E-state index is -0.299. The van der Waals surface area contributed by atoms with Gasteiger partial charge in [0.1, 0.15) is 0 Å². The van der Waals surface area contributed by atoms with Crippen molar-refractivity contribution in [3.8, 4) is 0 Å². The molecule has 0 aliphatic heterocycles. The van der Waals surface area contributed by atoms with Crippen molar-refractivity contribution >= 4 is 17.3 Å². The molecule has 0 spiro atoms. The zero-order chi connectivity index (χ0) is 13.7. The van der Waals surface area contributed by atoms with E-state index in [1.807, 2.05) is 31.2 Å². The standard InChI is InChI=1S/C14H12N4O/c1-10-6-8-11(9-7-10)16-14(19)12-4-2-3-5-13(12)17-18-15/h2-9H,1H3,(H,16,19). The number of carbonyl (C=O) groups excluding carboxylic acids is 1. The van der Waals surface area contributed by atoms with E-state index in [1.165, 1.54) is 0 Å². The molecule has 19 heavy (non-hydrogen) atoms. The fraction of sp³-hybridized carbons (Fsp3) is 0.0714. The highest BCUT2D eigenvalue weighted by Crippen LogP contribution is 2.20. The van der Waals surface area contributed by atoms with E-state index >= 15 is 0 Å². The molecule has 1 N–H and O–H groups in total. The number of hydrogen-bond donors (Lipinski definition) is 1. The van der Waals surface area contributed by atoms with E-state index in [0.717, 1.165) is 5.56 Å². The third-order valence-corrected chi connectivity index (χ3v) is 2.61. The van der Waals surface area contributed by atoms with Gasteiger partial charge in [-0.25, -0.2) is 0 Å². The molecule has 0 unspecified atom stereocenters. The Morgan fingerprint density at radius 3 is 2.53 bits per heavy atom. The van der Waals surface area contributed by atoms with Crippen molar-refractivity contribution in [1.29, 1.82) is 0 Å². The van der Waals surface area contributed by atoms with Crippen molar-refractivity contribution in [2.75, 3.05) is 5.32 Å². The summed E-state index contributed by atoms with van der Waals surface area (Å²) in [7, 11) is 0. The summed E-state index contributed by atoms with van der Waals surface area (Å²) in [6.07, 6.45) is 0. The molecule has 2 aromatic carbocycles. The SMILES string of the molecule is Cc1ccc(NC(=O)c2ccccc2N=[N+]=[N-])cc1. The third-order valence-electron chi connectivity index (χ3n) is 2.61. The zero-order valence-corrected chi connectivity index (χ0v) is 10.4. The van der Waals surface area contributed by atoms with Gasteiger partial charge in [0.05, 0.1) is 5.69 Å². The highest BCUT2D eigenvalue weighted by Gasteiger charge is 2.09. The van der Waals surface area contributed by atoms with Crippen molar-refractivity contribution < 1.29 is 4.79 Å². The lowest BCUT2D eigenvalue weighted by Crippen LogP contribution is -2.11. The van der Waals surface area contributed by atoms with Gasteiger partial charge in [-0.1, -0.05) is 41.0 Å². The number of nitrogens with zero attached hydrogens (tertiary/aromatic N) is 3. The Morgan fingerprint density at radius 1 is 1.16 bits per heavy atom. The van der Waals surface area contributed by atoms with E-state index in [2.05, 4.69) is 15.3 Å². The van der Waals surface area contributed by atoms with Crippen LogP contribution in [0, 0.1) is 6.92 Å². The maximum absolute atomic E-state index is 12.1. The number of amides is 1. The van der Waals surface area contributed by atoms with E-state index in [9.17, 15) is 4.79 Å². The van der Waals surface area contributed by atoms with E-state index in [-0.39, 0.29) is 5.91 Å². The normalized spacial score (nSPS) is 9.53. The summed E-state index contributed by atoms with van der Waals surface area (Å²) < 4.78 is 0. The lowest BCUT2D eigenvalue weighted by molar-refractivity contribution is 0.102. The van der Waals surface area contributed by atoms with E-state index in [4.69, 9.17) is 5.53 Å². The molecule has 2 aromatic rings. The van der Waals surface area contributed by atoms with Crippen molar-refractivity contribution in [3.05, 3.63) is 70.1 Å². The highest BCUT2D eigenvalue weighted by molar-refractivity contribution is 6.07. The van der Waals surface area contributed by atoms with Crippen LogP contribution in [0.3, 0.4) is 0 Å². The molecule has 0 heterocycles. The second-order valence-corrected chi connectivity index (χ2v) is 4.03. The minimum absolute atomic E-state index is 0.299. The van der Waals surface area contributed by atoms with Gasteiger partial charge in [0.2, 0.25) is 0 Å². The van der Waals surface area contributed by atoms with Crippen LogP contribution in [0.1, 0.15) is 15.9 Å². The third kappa shape index (κ3) is 3.12. The van der Waals surface area contributed by atoms with Gasteiger partial charge in [-0.2, -0.15) is 0 Å². The van der Waals surface area contributed by atoms with Gasteiger partial charge in [-0.05, 0) is 30.7 Å². The lowest BCUT2D eigenvalue weighted by atomic mass is 10.1. The van der Waals surface area contributed by atoms with Gasteiger partial charge < -0.3 is 5.32 Å². The summed E-state index contributed by atoms with van der Waals surface area (Å²) >= 11 is 0. The Kier molecular flexibility index (Phi) is 3.81. The molecule has 2 rings (SSSR count). The van der Waals surface area contributed by atoms with Gasteiger partial charge in [0.15, 0.2) is 0 Å². The van der Waals surface area contributed by atoms with E-state index in [1.54, 1.807) is 24.3 Å². The molecular formula is C14H12N4O. The molecule has 0 bridgehead atoms. The van der Waals surface area contributed by atoms with Crippen LogP contribution in [-0.2, 0) is 0 Å². The first-order valence-corrected chi connectivity index (χ1v) is 5.73. The fourth-order valence-electron chi connectivity index (χ4n) is 1.64. The molecule has 0 atom stereocenters. The lowest BCUT2D eigenvalue weighted by Gasteiger charge is -2.07. The molecule has 0 aliphatic rings. The van der Waals surface area contributed by atoms with Gasteiger partial charge in [-0.3, -0.25) is 4.79 Å². The number of rotatable bonds is 3. The Bertz CT molecular complexity index is 643. The smallest absolute Gasteiger partial charge is 0.256 e. The average molecular weight is 252 g/mol. The summed E-state index contributed by atoms with van der Waals surface area (Å²) in [6.45, 7) is 1.97. The monoisotopic (exact) mass is 252 g/mol. The largest absolute Gasteiger partial charge is 0.322 e. The first-order chi connectivity index (χ1) is 9.20. The molecular weight excluding hydrogens is 240 g/mol. The number of carbonyl (C=O) groups is 1. The van der Waals surface area contributed by atoms with Gasteiger partial charge in [0.25, 0.3) is 5.91 Å². The Hall–Kier alpha value is -2.78. The number of benzene rings is 2. The summed E-state index contributed by atoms with van der Waals surface area (Å²) in [5.74, 6) is -0.299. The van der Waals surface area contributed by atoms with Crippen LogP contribution in [0.15, 0.2) is 53.6 Å². The molecule has 0 fully saturated rings. The predicted octanol–water partition coefficient (Wildman–Crippen LogP) is 4.19. The van der Waals surface area contributed by atoms with Crippen LogP contribution in [-0.4, -0.2) is 5.91 Å². The van der Waals surface area contributed by atoms with Crippen LogP contribution >= 0.6 is 0 Å². The van der Waals surface area contributed by atoms with Crippen LogP contribution in [0.5, 0.6) is 0 Å². The number of nitrogens with one attached hydrogen (secondary N) is 1. The average Bonchev–Trinajstić information content (AvgIpc) is 2.42. The second kappa shape index (κ2) is 5.71. The molecule has 0 radical (unpaired) electrons. The van der Waals surface area contributed by atoms with E-state index < -0.39 is 0 Å². The van der Waals surface area contributed by atoms with E-state index in [0.29, 0.717) is 16.9 Å². The second-order valence-electron chi connectivity index (χ2n) is 4.03. The number of anilines is 1. The van der Waals surface area contributed by atoms with Crippen molar-refractivity contribution in [1.82, 2.24) is 0 Å². The number of aryl methyl sites for hydroxylation is 1. The Balaban J connectivity index is 2.25. The van der Waals surface area contributed by atoms with Gasteiger partial charge >= 0.3 is 0 Å². The Morgan fingerprint density at radius 2 is 1.84 bits per heavy atom. The molecule has 0 saturated heterocycles. The Labute approximate surface area is 110 Å². The topological polar surface area (TPSA) is 77.9 Å².